The summed E-state index contributed by atoms with van der Waals surface area (Å²) >= 11 is 5.91. The van der Waals surface area contributed by atoms with Gasteiger partial charge in [0.2, 0.25) is 0 Å². The van der Waals surface area contributed by atoms with Crippen molar-refractivity contribution in [3.63, 3.8) is 0 Å². The Morgan fingerprint density at radius 2 is 2.12 bits per heavy atom. The summed E-state index contributed by atoms with van der Waals surface area (Å²) in [6, 6.07) is 9.48. The van der Waals surface area contributed by atoms with Gasteiger partial charge in [-0.15, -0.1) is 0 Å². The third kappa shape index (κ3) is 2.40. The van der Waals surface area contributed by atoms with E-state index in [0.29, 0.717) is 16.7 Å². The lowest BCUT2D eigenvalue weighted by Gasteiger charge is -2.00. The molecule has 1 aromatic carbocycles. The minimum absolute atomic E-state index is 0.224. The van der Waals surface area contributed by atoms with E-state index in [1.54, 1.807) is 7.11 Å². The van der Waals surface area contributed by atoms with Crippen LogP contribution in [0.4, 0.5) is 0 Å². The Morgan fingerprint density at radius 3 is 2.71 bits per heavy atom. The molecule has 0 unspecified atom stereocenters. The van der Waals surface area contributed by atoms with Crippen LogP contribution in [0.5, 0.6) is 5.75 Å². The van der Waals surface area contributed by atoms with Crippen LogP contribution in [-0.2, 0) is 6.42 Å². The summed E-state index contributed by atoms with van der Waals surface area (Å²) in [6.07, 6.45) is 0.224. The minimum atomic E-state index is 0.224. The molecule has 0 saturated heterocycles. The predicted molar refractivity (Wildman–Crippen MR) is 64.9 cm³/mol. The van der Waals surface area contributed by atoms with Crippen molar-refractivity contribution >= 4 is 11.6 Å². The van der Waals surface area contributed by atoms with Crippen LogP contribution in [-0.4, -0.2) is 17.1 Å². The Hall–Kier alpha value is -1.99. The van der Waals surface area contributed by atoms with E-state index in [1.165, 1.54) is 0 Å². The van der Waals surface area contributed by atoms with Crippen molar-refractivity contribution in [3.8, 4) is 23.2 Å². The molecule has 0 spiro atoms. The number of ether oxygens (including phenoxy) is 1. The van der Waals surface area contributed by atoms with Crippen LogP contribution in [0.15, 0.2) is 24.3 Å². The molecule has 2 rings (SSSR count). The van der Waals surface area contributed by atoms with Gasteiger partial charge in [0.15, 0.2) is 5.15 Å². The van der Waals surface area contributed by atoms with Crippen LogP contribution in [0.25, 0.3) is 11.4 Å². The van der Waals surface area contributed by atoms with Gasteiger partial charge in [-0.3, -0.25) is 0 Å². The smallest absolute Gasteiger partial charge is 0.151 e. The number of imidazole rings is 1. The van der Waals surface area contributed by atoms with E-state index in [1.807, 2.05) is 30.3 Å². The van der Waals surface area contributed by atoms with E-state index in [9.17, 15) is 0 Å². The average molecular weight is 248 g/mol. The first-order valence-electron chi connectivity index (χ1n) is 5.00. The lowest BCUT2D eigenvalue weighted by atomic mass is 10.2. The van der Waals surface area contributed by atoms with Gasteiger partial charge in [-0.25, -0.2) is 4.98 Å². The molecule has 0 radical (unpaired) electrons. The minimum Gasteiger partial charge on any atom is -0.497 e. The fraction of sp³-hybridized carbons (Fsp3) is 0.167. The van der Waals surface area contributed by atoms with E-state index >= 15 is 0 Å². The Morgan fingerprint density at radius 1 is 1.41 bits per heavy atom. The molecule has 1 heterocycles. The standard InChI is InChI=1S/C12H10ClN3O/c1-17-9-4-2-8(3-5-9)12-15-10(6-7-14)11(13)16-12/h2-5H,6H2,1H3,(H,15,16). The summed E-state index contributed by atoms with van der Waals surface area (Å²) in [6.45, 7) is 0. The largest absolute Gasteiger partial charge is 0.497 e. The highest BCUT2D eigenvalue weighted by Crippen LogP contribution is 2.23. The lowest BCUT2D eigenvalue weighted by molar-refractivity contribution is 0.415. The van der Waals surface area contributed by atoms with Crippen LogP contribution >= 0.6 is 11.6 Å². The average Bonchev–Trinajstić information content (AvgIpc) is 2.72. The Kier molecular flexibility index (Phi) is 3.31. The molecule has 2 aromatic rings. The maximum Gasteiger partial charge on any atom is 0.151 e. The van der Waals surface area contributed by atoms with Crippen molar-refractivity contribution in [1.29, 1.82) is 5.26 Å². The first-order valence-corrected chi connectivity index (χ1v) is 5.38. The fourth-order valence-corrected chi connectivity index (χ4v) is 1.67. The molecule has 0 amide bonds. The highest BCUT2D eigenvalue weighted by Gasteiger charge is 2.09. The molecular weight excluding hydrogens is 238 g/mol. The van der Waals surface area contributed by atoms with E-state index < -0.39 is 0 Å². The zero-order valence-electron chi connectivity index (χ0n) is 9.20. The molecule has 86 valence electrons. The van der Waals surface area contributed by atoms with Crippen molar-refractivity contribution in [2.24, 2.45) is 0 Å². The molecule has 0 bridgehead atoms. The Labute approximate surface area is 104 Å². The fourth-order valence-electron chi connectivity index (χ4n) is 1.47. The summed E-state index contributed by atoms with van der Waals surface area (Å²) in [4.78, 5) is 7.20. The number of aromatic amines is 1. The molecular formula is C12H10ClN3O. The monoisotopic (exact) mass is 247 g/mol. The topological polar surface area (TPSA) is 61.7 Å². The second-order valence-electron chi connectivity index (χ2n) is 3.42. The Bertz CT molecular complexity index is 554. The summed E-state index contributed by atoms with van der Waals surface area (Å²) < 4.78 is 5.07. The molecule has 17 heavy (non-hydrogen) atoms. The number of halogens is 1. The zero-order chi connectivity index (χ0) is 12.3. The number of H-pyrrole nitrogens is 1. The van der Waals surface area contributed by atoms with Gasteiger partial charge in [-0.1, -0.05) is 11.6 Å². The molecule has 5 heteroatoms. The highest BCUT2D eigenvalue weighted by atomic mass is 35.5. The first-order chi connectivity index (χ1) is 8.24. The van der Waals surface area contributed by atoms with Gasteiger partial charge in [-0.2, -0.15) is 5.26 Å². The van der Waals surface area contributed by atoms with E-state index in [-0.39, 0.29) is 6.42 Å². The number of nitrogens with zero attached hydrogens (tertiary/aromatic N) is 2. The van der Waals surface area contributed by atoms with Crippen LogP contribution in [0.3, 0.4) is 0 Å². The number of rotatable bonds is 3. The van der Waals surface area contributed by atoms with Crippen molar-refractivity contribution in [1.82, 2.24) is 9.97 Å². The SMILES string of the molecule is COc1ccc(-c2nc(Cl)c(CC#N)[nH]2)cc1. The van der Waals surface area contributed by atoms with Gasteiger partial charge >= 0.3 is 0 Å². The molecule has 4 nitrogen and oxygen atoms in total. The van der Waals surface area contributed by atoms with Crippen molar-refractivity contribution in [3.05, 3.63) is 35.1 Å². The number of aromatic nitrogens is 2. The number of hydrogen-bond acceptors (Lipinski definition) is 3. The lowest BCUT2D eigenvalue weighted by Crippen LogP contribution is -1.85. The van der Waals surface area contributed by atoms with Gasteiger partial charge in [0.05, 0.1) is 25.3 Å². The first kappa shape index (κ1) is 11.5. The second kappa shape index (κ2) is 4.89. The number of methoxy groups -OCH3 is 1. The third-order valence-corrected chi connectivity index (χ3v) is 2.66. The van der Waals surface area contributed by atoms with Gasteiger partial charge in [0.1, 0.15) is 11.6 Å². The van der Waals surface area contributed by atoms with E-state index in [0.717, 1.165) is 11.3 Å². The second-order valence-corrected chi connectivity index (χ2v) is 3.78. The summed E-state index contributed by atoms with van der Waals surface area (Å²) in [5.41, 5.74) is 1.54. The summed E-state index contributed by atoms with van der Waals surface area (Å²) in [7, 11) is 1.61. The molecule has 0 saturated carbocycles. The summed E-state index contributed by atoms with van der Waals surface area (Å²) in [5.74, 6) is 1.44. The van der Waals surface area contributed by atoms with Crippen molar-refractivity contribution < 1.29 is 4.74 Å². The van der Waals surface area contributed by atoms with Crippen molar-refractivity contribution in [2.75, 3.05) is 7.11 Å². The predicted octanol–water partition coefficient (Wildman–Crippen LogP) is 2.80. The van der Waals surface area contributed by atoms with Gasteiger partial charge in [0.25, 0.3) is 0 Å². The zero-order valence-corrected chi connectivity index (χ0v) is 9.95. The quantitative estimate of drug-likeness (QED) is 0.907. The maximum absolute atomic E-state index is 8.62. The van der Waals surface area contributed by atoms with Crippen LogP contribution in [0, 0.1) is 11.3 Å². The normalized spacial score (nSPS) is 9.94. The van der Waals surface area contributed by atoms with Crippen LogP contribution < -0.4 is 4.74 Å². The van der Waals surface area contributed by atoms with Crippen molar-refractivity contribution in [2.45, 2.75) is 6.42 Å². The summed E-state index contributed by atoms with van der Waals surface area (Å²) in [5, 5.41) is 8.96. The molecule has 0 fully saturated rings. The Balaban J connectivity index is 2.33. The molecule has 0 aliphatic rings. The van der Waals surface area contributed by atoms with Gasteiger partial charge in [0, 0.05) is 5.56 Å². The maximum atomic E-state index is 8.62. The number of nitriles is 1. The van der Waals surface area contributed by atoms with E-state index in [4.69, 9.17) is 21.6 Å². The number of nitrogens with one attached hydrogen (secondary N) is 1. The number of benzene rings is 1. The molecule has 0 aliphatic carbocycles. The third-order valence-electron chi connectivity index (χ3n) is 2.35. The van der Waals surface area contributed by atoms with E-state index in [2.05, 4.69) is 9.97 Å². The molecule has 1 aromatic heterocycles. The van der Waals surface area contributed by atoms with Gasteiger partial charge < -0.3 is 9.72 Å². The molecule has 0 atom stereocenters. The molecule has 0 aliphatic heterocycles. The number of hydrogen-bond donors (Lipinski definition) is 1. The molecule has 1 N–H and O–H groups in total. The highest BCUT2D eigenvalue weighted by molar-refractivity contribution is 6.30. The van der Waals surface area contributed by atoms with Crippen LogP contribution in [0.1, 0.15) is 5.69 Å². The van der Waals surface area contributed by atoms with Crippen LogP contribution in [0.2, 0.25) is 5.15 Å². The van der Waals surface area contributed by atoms with Gasteiger partial charge in [-0.05, 0) is 24.3 Å².